The zero-order valence-electron chi connectivity index (χ0n) is 20.9. The Morgan fingerprint density at radius 3 is 2.41 bits per heavy atom. The number of esters is 1. The Kier molecular flexibility index (Phi) is 7.19. The van der Waals surface area contributed by atoms with E-state index in [1.807, 2.05) is 0 Å². The van der Waals surface area contributed by atoms with Gasteiger partial charge in [-0.3, -0.25) is 10.1 Å². The maximum Gasteiger partial charge on any atom is 0.336 e. The van der Waals surface area contributed by atoms with Crippen molar-refractivity contribution in [1.82, 2.24) is 9.97 Å². The number of para-hydroxylation sites is 1. The van der Waals surface area contributed by atoms with Gasteiger partial charge in [-0.2, -0.15) is 9.97 Å². The van der Waals surface area contributed by atoms with E-state index in [0.29, 0.717) is 92.6 Å². The first kappa shape index (κ1) is 24.9. The number of ether oxygens (including phenoxy) is 3. The predicted molar refractivity (Wildman–Crippen MR) is 136 cm³/mol. The van der Waals surface area contributed by atoms with E-state index in [1.165, 1.54) is 6.07 Å². The number of carbonyl (C=O) groups excluding carboxylic acids is 1. The summed E-state index contributed by atoms with van der Waals surface area (Å²) in [6.07, 6.45) is 0. The van der Waals surface area contributed by atoms with Gasteiger partial charge in [-0.25, -0.2) is 4.79 Å². The largest absolute Gasteiger partial charge is 0.463 e. The van der Waals surface area contributed by atoms with Gasteiger partial charge in [-0.15, -0.1) is 0 Å². The summed E-state index contributed by atoms with van der Waals surface area (Å²) in [5.74, 6) is 0.358. The number of aromatic nitrogens is 2. The average Bonchev–Trinajstić information content (AvgIpc) is 2.92. The fourth-order valence-electron chi connectivity index (χ4n) is 5.02. The fourth-order valence-corrected chi connectivity index (χ4v) is 5.02. The van der Waals surface area contributed by atoms with E-state index in [-0.39, 0.29) is 12.3 Å². The van der Waals surface area contributed by atoms with Crippen molar-refractivity contribution in [2.24, 2.45) is 0 Å². The van der Waals surface area contributed by atoms with Crippen molar-refractivity contribution in [2.75, 3.05) is 74.3 Å². The lowest BCUT2D eigenvalue weighted by Gasteiger charge is -2.37. The summed E-state index contributed by atoms with van der Waals surface area (Å²) in [6.45, 7) is 8.35. The SMILES string of the molecule is CCOC(=O)C1=C(C)Nc2nc(N3CCOCC3)nc(N3CCOCC3)c2C1c1ccccc1[N+](=O)[O-]. The molecule has 4 heterocycles. The molecule has 2 fully saturated rings. The van der Waals surface area contributed by atoms with E-state index in [2.05, 4.69) is 15.1 Å². The zero-order chi connectivity index (χ0) is 25.9. The third kappa shape index (κ3) is 4.81. The lowest BCUT2D eigenvalue weighted by Crippen LogP contribution is -2.41. The number of nitro benzene ring substituents is 1. The van der Waals surface area contributed by atoms with Crippen LogP contribution < -0.4 is 15.1 Å². The molecule has 0 aliphatic carbocycles. The molecule has 5 rings (SSSR count). The number of nitrogens with one attached hydrogen (secondary N) is 1. The minimum Gasteiger partial charge on any atom is -0.463 e. The number of hydrogen-bond acceptors (Lipinski definition) is 11. The normalized spacial score (nSPS) is 19.8. The van der Waals surface area contributed by atoms with Gasteiger partial charge in [0.1, 0.15) is 11.6 Å². The van der Waals surface area contributed by atoms with Crippen molar-refractivity contribution in [1.29, 1.82) is 0 Å². The van der Waals surface area contributed by atoms with E-state index in [0.717, 1.165) is 0 Å². The molecule has 37 heavy (non-hydrogen) atoms. The van der Waals surface area contributed by atoms with Crippen LogP contribution in [0.15, 0.2) is 35.5 Å². The van der Waals surface area contributed by atoms with Gasteiger partial charge < -0.3 is 29.3 Å². The molecule has 0 bridgehead atoms. The molecule has 3 aliphatic rings. The number of anilines is 3. The van der Waals surface area contributed by atoms with Crippen LogP contribution in [0.3, 0.4) is 0 Å². The van der Waals surface area contributed by atoms with Gasteiger partial charge >= 0.3 is 5.97 Å². The Bertz CT molecular complexity index is 1220. The highest BCUT2D eigenvalue weighted by Gasteiger charge is 2.41. The topological polar surface area (TPSA) is 132 Å². The maximum absolute atomic E-state index is 13.3. The second kappa shape index (κ2) is 10.7. The Morgan fingerprint density at radius 2 is 1.76 bits per heavy atom. The monoisotopic (exact) mass is 510 g/mol. The standard InChI is InChI=1S/C25H30N6O6/c1-3-37-24(32)19-16(2)26-22-21(20(19)17-6-4-5-7-18(17)31(33)34)23(29-8-12-35-13-9-29)28-25(27-22)30-10-14-36-15-11-30/h4-7,20H,3,8-15H2,1-2H3,(H,26,27,28). The Hall–Kier alpha value is -3.77. The number of fused-ring (bicyclic) bond motifs is 1. The zero-order valence-corrected chi connectivity index (χ0v) is 20.9. The quantitative estimate of drug-likeness (QED) is 0.349. The molecular weight excluding hydrogens is 480 g/mol. The minimum atomic E-state index is -0.798. The van der Waals surface area contributed by atoms with Gasteiger partial charge in [0.25, 0.3) is 5.69 Å². The number of benzene rings is 1. The van der Waals surface area contributed by atoms with Gasteiger partial charge in [-0.1, -0.05) is 18.2 Å². The molecule has 1 aromatic heterocycles. The molecule has 1 unspecified atom stereocenters. The van der Waals surface area contributed by atoms with E-state index in [1.54, 1.807) is 32.0 Å². The highest BCUT2D eigenvalue weighted by atomic mass is 16.6. The van der Waals surface area contributed by atoms with E-state index >= 15 is 0 Å². The number of morpholine rings is 2. The number of carbonyl (C=O) groups is 1. The summed E-state index contributed by atoms with van der Waals surface area (Å²) >= 11 is 0. The minimum absolute atomic E-state index is 0.0832. The van der Waals surface area contributed by atoms with Gasteiger partial charge in [0, 0.05) is 43.5 Å². The van der Waals surface area contributed by atoms with Gasteiger partial charge in [0.05, 0.1) is 55.0 Å². The van der Waals surface area contributed by atoms with Gasteiger partial charge in [0.15, 0.2) is 0 Å². The number of allylic oxidation sites excluding steroid dienone is 1. The van der Waals surface area contributed by atoms with Crippen LogP contribution in [0.1, 0.15) is 30.9 Å². The second-order valence-corrected chi connectivity index (χ2v) is 8.94. The molecule has 1 aromatic carbocycles. The summed E-state index contributed by atoms with van der Waals surface area (Å²) in [4.78, 5) is 39.0. The second-order valence-electron chi connectivity index (χ2n) is 8.94. The number of nitro groups is 1. The number of rotatable bonds is 6. The summed E-state index contributed by atoms with van der Waals surface area (Å²) < 4.78 is 16.5. The van der Waals surface area contributed by atoms with Crippen LogP contribution in [0.2, 0.25) is 0 Å². The van der Waals surface area contributed by atoms with Crippen LogP contribution in [0.4, 0.5) is 23.3 Å². The van der Waals surface area contributed by atoms with Crippen LogP contribution in [-0.4, -0.2) is 80.1 Å². The molecule has 0 amide bonds. The van der Waals surface area contributed by atoms with Crippen molar-refractivity contribution in [3.05, 3.63) is 56.8 Å². The highest BCUT2D eigenvalue weighted by molar-refractivity contribution is 5.95. The van der Waals surface area contributed by atoms with Crippen molar-refractivity contribution in [2.45, 2.75) is 19.8 Å². The summed E-state index contributed by atoms with van der Waals surface area (Å²) in [6, 6.07) is 6.49. The van der Waals surface area contributed by atoms with Crippen LogP contribution in [0, 0.1) is 10.1 Å². The molecule has 1 atom stereocenters. The van der Waals surface area contributed by atoms with Crippen molar-refractivity contribution in [3.63, 3.8) is 0 Å². The molecule has 0 spiro atoms. The van der Waals surface area contributed by atoms with E-state index in [4.69, 9.17) is 24.2 Å². The van der Waals surface area contributed by atoms with Gasteiger partial charge in [0.2, 0.25) is 5.95 Å². The summed E-state index contributed by atoms with van der Waals surface area (Å²) in [5.41, 5.74) is 1.76. The predicted octanol–water partition coefficient (Wildman–Crippen LogP) is 2.45. The molecule has 3 aliphatic heterocycles. The Morgan fingerprint density at radius 1 is 1.11 bits per heavy atom. The first-order valence-electron chi connectivity index (χ1n) is 12.4. The Balaban J connectivity index is 1.75. The van der Waals surface area contributed by atoms with Crippen LogP contribution in [0.25, 0.3) is 0 Å². The van der Waals surface area contributed by atoms with Crippen molar-refractivity contribution in [3.8, 4) is 0 Å². The smallest absolute Gasteiger partial charge is 0.336 e. The van der Waals surface area contributed by atoms with Crippen LogP contribution in [0.5, 0.6) is 0 Å². The van der Waals surface area contributed by atoms with E-state index < -0.39 is 16.8 Å². The summed E-state index contributed by atoms with van der Waals surface area (Å²) in [7, 11) is 0. The number of nitrogens with zero attached hydrogens (tertiary/aromatic N) is 5. The molecular formula is C25H30N6O6. The van der Waals surface area contributed by atoms with E-state index in [9.17, 15) is 14.9 Å². The Labute approximate surface area is 214 Å². The molecule has 2 saturated heterocycles. The molecule has 0 radical (unpaired) electrons. The molecule has 12 heteroatoms. The fraction of sp³-hybridized carbons (Fsp3) is 0.480. The third-order valence-electron chi connectivity index (χ3n) is 6.75. The molecule has 1 N–H and O–H groups in total. The van der Waals surface area contributed by atoms with Crippen LogP contribution >= 0.6 is 0 Å². The average molecular weight is 511 g/mol. The maximum atomic E-state index is 13.3. The molecule has 196 valence electrons. The summed E-state index contributed by atoms with van der Waals surface area (Å²) in [5, 5.41) is 15.4. The van der Waals surface area contributed by atoms with Crippen molar-refractivity contribution < 1.29 is 23.9 Å². The third-order valence-corrected chi connectivity index (χ3v) is 6.75. The number of hydrogen-bond donors (Lipinski definition) is 1. The van der Waals surface area contributed by atoms with Crippen LogP contribution in [-0.2, 0) is 19.0 Å². The van der Waals surface area contributed by atoms with Crippen molar-refractivity contribution >= 4 is 29.2 Å². The highest BCUT2D eigenvalue weighted by Crippen LogP contribution is 2.48. The molecule has 2 aromatic rings. The molecule has 12 nitrogen and oxygen atoms in total. The first-order chi connectivity index (χ1) is 18.0. The first-order valence-corrected chi connectivity index (χ1v) is 12.4. The lowest BCUT2D eigenvalue weighted by molar-refractivity contribution is -0.385. The lowest BCUT2D eigenvalue weighted by atomic mass is 9.81. The molecule has 0 saturated carbocycles. The van der Waals surface area contributed by atoms with Gasteiger partial charge in [-0.05, 0) is 13.8 Å².